The summed E-state index contributed by atoms with van der Waals surface area (Å²) in [5.41, 5.74) is 1.57. The van der Waals surface area contributed by atoms with Crippen LogP contribution in [0.5, 0.6) is 0 Å². The number of nitrogens with one attached hydrogen (secondary N) is 2. The summed E-state index contributed by atoms with van der Waals surface area (Å²) < 4.78 is 14.6. The molecular formula is C21H23ClFN5O. The minimum Gasteiger partial charge on any atom is -0.396 e. The SMILES string of the molecule is CC1(C)C2C[C@@H]1C[C@H](CO)C2Nc1nc(-c2c[nH]c3ncc(Cl)cc23)ncc1F. The first-order chi connectivity index (χ1) is 13.9. The number of hydrogen-bond donors (Lipinski definition) is 3. The van der Waals surface area contributed by atoms with Crippen molar-refractivity contribution in [3.8, 4) is 11.4 Å². The minimum absolute atomic E-state index is 0.0173. The summed E-state index contributed by atoms with van der Waals surface area (Å²) >= 11 is 6.09. The van der Waals surface area contributed by atoms with Crippen LogP contribution in [-0.4, -0.2) is 37.7 Å². The van der Waals surface area contributed by atoms with Crippen molar-refractivity contribution < 1.29 is 9.50 Å². The van der Waals surface area contributed by atoms with Gasteiger partial charge in [-0.15, -0.1) is 0 Å². The summed E-state index contributed by atoms with van der Waals surface area (Å²) in [5.74, 6) is 1.17. The van der Waals surface area contributed by atoms with Crippen molar-refractivity contribution in [1.82, 2.24) is 19.9 Å². The molecule has 3 aliphatic rings. The normalized spacial score (nSPS) is 27.6. The number of nitrogens with zero attached hydrogens (tertiary/aromatic N) is 3. The fraction of sp³-hybridized carbons (Fsp3) is 0.476. The average Bonchev–Trinajstić information content (AvgIpc) is 3.12. The first-order valence-corrected chi connectivity index (χ1v) is 10.3. The lowest BCUT2D eigenvalue weighted by Crippen LogP contribution is -2.61. The zero-order valence-corrected chi connectivity index (χ0v) is 17.0. The molecule has 3 saturated carbocycles. The Bertz CT molecular complexity index is 1080. The third kappa shape index (κ3) is 2.90. The maximum Gasteiger partial charge on any atom is 0.183 e. The number of aliphatic hydroxyl groups is 1. The Morgan fingerprint density at radius 2 is 2.14 bits per heavy atom. The number of aliphatic hydroxyl groups excluding tert-OH is 1. The molecule has 0 aliphatic heterocycles. The van der Waals surface area contributed by atoms with E-state index >= 15 is 0 Å². The Balaban J connectivity index is 1.50. The molecule has 3 heterocycles. The Labute approximate surface area is 172 Å². The molecule has 3 aromatic rings. The molecule has 6 nitrogen and oxygen atoms in total. The predicted octanol–water partition coefficient (Wildman–Crippen LogP) is 4.27. The Hall–Kier alpha value is -2.25. The van der Waals surface area contributed by atoms with Crippen LogP contribution >= 0.6 is 11.6 Å². The second-order valence-corrected chi connectivity index (χ2v) is 9.29. The van der Waals surface area contributed by atoms with E-state index in [0.717, 1.165) is 18.2 Å². The van der Waals surface area contributed by atoms with Crippen LogP contribution in [0.3, 0.4) is 0 Å². The number of aromatic amines is 1. The highest BCUT2D eigenvalue weighted by Crippen LogP contribution is 2.61. The summed E-state index contributed by atoms with van der Waals surface area (Å²) in [6.07, 6.45) is 6.56. The molecule has 3 N–H and O–H groups in total. The van der Waals surface area contributed by atoms with Gasteiger partial charge in [0.05, 0.1) is 11.2 Å². The average molecular weight is 416 g/mol. The fourth-order valence-electron chi connectivity index (χ4n) is 5.23. The fourth-order valence-corrected chi connectivity index (χ4v) is 5.39. The van der Waals surface area contributed by atoms with Crippen LogP contribution in [0, 0.1) is 29.0 Å². The van der Waals surface area contributed by atoms with Crippen LogP contribution in [-0.2, 0) is 0 Å². The van der Waals surface area contributed by atoms with Crippen molar-refractivity contribution in [2.75, 3.05) is 11.9 Å². The number of H-pyrrole nitrogens is 1. The predicted molar refractivity (Wildman–Crippen MR) is 110 cm³/mol. The quantitative estimate of drug-likeness (QED) is 0.592. The zero-order valence-electron chi connectivity index (χ0n) is 16.3. The first kappa shape index (κ1) is 18.8. The van der Waals surface area contributed by atoms with E-state index in [9.17, 15) is 9.50 Å². The molecule has 6 rings (SSSR count). The van der Waals surface area contributed by atoms with Crippen molar-refractivity contribution in [3.63, 3.8) is 0 Å². The molecule has 29 heavy (non-hydrogen) atoms. The van der Waals surface area contributed by atoms with Gasteiger partial charge in [-0.25, -0.2) is 19.3 Å². The summed E-state index contributed by atoms with van der Waals surface area (Å²) in [4.78, 5) is 16.0. The lowest BCUT2D eigenvalue weighted by molar-refractivity contribution is -0.107. The molecule has 0 radical (unpaired) electrons. The molecule has 0 aromatic carbocycles. The summed E-state index contributed by atoms with van der Waals surface area (Å²) in [7, 11) is 0. The molecule has 3 fully saturated rings. The second-order valence-electron chi connectivity index (χ2n) is 8.85. The van der Waals surface area contributed by atoms with Crippen LogP contribution in [0.25, 0.3) is 22.4 Å². The number of fused-ring (bicyclic) bond motifs is 3. The molecule has 8 heteroatoms. The topological polar surface area (TPSA) is 86.7 Å². The van der Waals surface area contributed by atoms with Crippen molar-refractivity contribution in [3.05, 3.63) is 35.5 Å². The van der Waals surface area contributed by atoms with Crippen LogP contribution in [0.2, 0.25) is 5.02 Å². The number of halogens is 2. The highest BCUT2D eigenvalue weighted by Gasteiger charge is 2.57. The lowest BCUT2D eigenvalue weighted by atomic mass is 9.45. The zero-order chi connectivity index (χ0) is 20.3. The van der Waals surface area contributed by atoms with Gasteiger partial charge >= 0.3 is 0 Å². The molecule has 2 bridgehead atoms. The van der Waals surface area contributed by atoms with E-state index in [0.29, 0.717) is 33.9 Å². The third-order valence-electron chi connectivity index (χ3n) is 7.10. The van der Waals surface area contributed by atoms with Crippen molar-refractivity contribution in [1.29, 1.82) is 0 Å². The smallest absolute Gasteiger partial charge is 0.183 e. The molecule has 4 atom stereocenters. The number of aromatic nitrogens is 4. The van der Waals surface area contributed by atoms with Crippen LogP contribution in [0.4, 0.5) is 10.2 Å². The van der Waals surface area contributed by atoms with Gasteiger partial charge in [-0.2, -0.15) is 0 Å². The van der Waals surface area contributed by atoms with Crippen LogP contribution in [0.15, 0.2) is 24.7 Å². The maximum absolute atomic E-state index is 14.6. The van der Waals surface area contributed by atoms with Gasteiger partial charge in [0.1, 0.15) is 5.65 Å². The van der Waals surface area contributed by atoms with Crippen molar-refractivity contribution >= 4 is 28.5 Å². The molecule has 0 amide bonds. The summed E-state index contributed by atoms with van der Waals surface area (Å²) in [5, 5.41) is 14.5. The number of anilines is 1. The number of hydrogen-bond acceptors (Lipinski definition) is 5. The molecular weight excluding hydrogens is 393 g/mol. The Kier molecular flexibility index (Phi) is 4.29. The standard InChI is InChI=1S/C21H23ClFN5O/c1-21(2)11-3-10(9-29)17(15(21)4-11)27-20-16(23)8-26-19(28-20)14-7-25-18-13(14)5-12(22)6-24-18/h5-8,10-11,15,17,29H,3-4,9H2,1-2H3,(H,24,25)(H,26,27,28)/t10-,11+,15?,17?/m1/s1. The number of pyridine rings is 1. The van der Waals surface area contributed by atoms with Gasteiger partial charge < -0.3 is 15.4 Å². The van der Waals surface area contributed by atoms with Crippen LogP contribution < -0.4 is 5.32 Å². The Morgan fingerprint density at radius 1 is 1.31 bits per heavy atom. The van der Waals surface area contributed by atoms with Gasteiger partial charge in [0.2, 0.25) is 0 Å². The molecule has 3 aliphatic carbocycles. The van der Waals surface area contributed by atoms with E-state index in [4.69, 9.17) is 11.6 Å². The minimum atomic E-state index is -0.499. The molecule has 3 aromatic heterocycles. The highest BCUT2D eigenvalue weighted by atomic mass is 35.5. The molecule has 0 saturated heterocycles. The van der Waals surface area contributed by atoms with Crippen molar-refractivity contribution in [2.45, 2.75) is 32.7 Å². The van der Waals surface area contributed by atoms with Gasteiger partial charge in [-0.05, 0) is 36.2 Å². The Morgan fingerprint density at radius 3 is 2.90 bits per heavy atom. The van der Waals surface area contributed by atoms with Gasteiger partial charge in [-0.3, -0.25) is 0 Å². The largest absolute Gasteiger partial charge is 0.396 e. The van der Waals surface area contributed by atoms with Gasteiger partial charge in [0.25, 0.3) is 0 Å². The first-order valence-electron chi connectivity index (χ1n) is 9.91. The summed E-state index contributed by atoms with van der Waals surface area (Å²) in [6, 6.07) is 1.77. The van der Waals surface area contributed by atoms with E-state index in [1.165, 1.54) is 6.20 Å². The van der Waals surface area contributed by atoms with E-state index in [-0.39, 0.29) is 29.8 Å². The second kappa shape index (κ2) is 6.64. The van der Waals surface area contributed by atoms with Crippen molar-refractivity contribution in [2.24, 2.45) is 23.2 Å². The molecule has 152 valence electrons. The monoisotopic (exact) mass is 415 g/mol. The molecule has 2 unspecified atom stereocenters. The molecule has 0 spiro atoms. The highest BCUT2D eigenvalue weighted by molar-refractivity contribution is 6.31. The van der Waals surface area contributed by atoms with Gasteiger partial charge in [-0.1, -0.05) is 25.4 Å². The lowest BCUT2D eigenvalue weighted by Gasteiger charge is -2.62. The van der Waals surface area contributed by atoms with E-state index in [1.807, 2.05) is 0 Å². The third-order valence-corrected chi connectivity index (χ3v) is 7.30. The van der Waals surface area contributed by atoms with Crippen LogP contribution in [0.1, 0.15) is 26.7 Å². The van der Waals surface area contributed by atoms with E-state index in [2.05, 4.69) is 39.1 Å². The number of rotatable bonds is 4. The summed E-state index contributed by atoms with van der Waals surface area (Å²) in [6.45, 7) is 4.62. The van der Waals surface area contributed by atoms with Gasteiger partial charge in [0.15, 0.2) is 17.5 Å². The van der Waals surface area contributed by atoms with Gasteiger partial charge in [0, 0.05) is 41.9 Å². The van der Waals surface area contributed by atoms with E-state index in [1.54, 1.807) is 18.5 Å². The maximum atomic E-state index is 14.6. The van der Waals surface area contributed by atoms with E-state index < -0.39 is 5.82 Å².